The molecular formula is C20H25FN2O3S. The lowest BCUT2D eigenvalue weighted by atomic mass is 10.1. The van der Waals surface area contributed by atoms with Gasteiger partial charge in [-0.2, -0.15) is 0 Å². The van der Waals surface area contributed by atoms with E-state index in [9.17, 15) is 12.8 Å². The Hall–Kier alpha value is -1.96. The Morgan fingerprint density at radius 2 is 1.81 bits per heavy atom. The van der Waals surface area contributed by atoms with Crippen LogP contribution in [0.4, 0.5) is 10.1 Å². The average molecular weight is 392 g/mol. The molecule has 1 fully saturated rings. The number of nitrogens with one attached hydrogen (secondary N) is 1. The molecule has 146 valence electrons. The lowest BCUT2D eigenvalue weighted by Gasteiger charge is -2.28. The molecule has 0 bridgehead atoms. The highest BCUT2D eigenvalue weighted by molar-refractivity contribution is 7.89. The number of ether oxygens (including phenoxy) is 1. The van der Waals surface area contributed by atoms with E-state index in [2.05, 4.69) is 33.9 Å². The molecule has 1 heterocycles. The van der Waals surface area contributed by atoms with Gasteiger partial charge in [0.05, 0.1) is 18.1 Å². The summed E-state index contributed by atoms with van der Waals surface area (Å²) in [6.07, 6.45) is 1.48. The van der Waals surface area contributed by atoms with E-state index in [0.717, 1.165) is 32.7 Å². The summed E-state index contributed by atoms with van der Waals surface area (Å²) in [5.74, 6) is -0.408. The van der Waals surface area contributed by atoms with E-state index in [0.29, 0.717) is 18.5 Å². The summed E-state index contributed by atoms with van der Waals surface area (Å²) in [6, 6.07) is 12.2. The van der Waals surface area contributed by atoms with Crippen LogP contribution in [0.15, 0.2) is 47.4 Å². The highest BCUT2D eigenvalue weighted by Crippen LogP contribution is 2.18. The number of sulfonamides is 1. The van der Waals surface area contributed by atoms with Gasteiger partial charge in [-0.3, -0.25) is 0 Å². The fourth-order valence-electron chi connectivity index (χ4n) is 3.06. The number of aryl methyl sites for hydroxylation is 2. The first-order chi connectivity index (χ1) is 13.0. The smallest absolute Gasteiger partial charge is 0.240 e. The number of nitrogens with zero attached hydrogens (tertiary/aromatic N) is 1. The van der Waals surface area contributed by atoms with Gasteiger partial charge < -0.3 is 9.64 Å². The van der Waals surface area contributed by atoms with Gasteiger partial charge in [-0.1, -0.05) is 12.1 Å². The predicted molar refractivity (Wildman–Crippen MR) is 104 cm³/mol. The molecular weight excluding hydrogens is 367 g/mol. The molecule has 7 heteroatoms. The summed E-state index contributed by atoms with van der Waals surface area (Å²) in [5, 5.41) is 0. The molecule has 3 rings (SSSR count). The summed E-state index contributed by atoms with van der Waals surface area (Å²) in [6.45, 7) is 5.22. The molecule has 0 aliphatic carbocycles. The summed E-state index contributed by atoms with van der Waals surface area (Å²) >= 11 is 0. The third-order valence-corrected chi connectivity index (χ3v) is 6.15. The maximum atomic E-state index is 13.3. The quantitative estimate of drug-likeness (QED) is 0.736. The number of anilines is 1. The second-order valence-electron chi connectivity index (χ2n) is 6.68. The molecule has 0 saturated carbocycles. The summed E-state index contributed by atoms with van der Waals surface area (Å²) in [7, 11) is -3.61. The largest absolute Gasteiger partial charge is 0.378 e. The highest BCUT2D eigenvalue weighted by atomic mass is 32.2. The van der Waals surface area contributed by atoms with Gasteiger partial charge >= 0.3 is 0 Å². The monoisotopic (exact) mass is 392 g/mol. The Kier molecular flexibility index (Phi) is 6.46. The van der Waals surface area contributed by atoms with E-state index in [4.69, 9.17) is 4.74 Å². The second-order valence-corrected chi connectivity index (χ2v) is 8.45. The first-order valence-corrected chi connectivity index (χ1v) is 10.6. The minimum Gasteiger partial charge on any atom is -0.378 e. The predicted octanol–water partition coefficient (Wildman–Crippen LogP) is 2.88. The fourth-order valence-corrected chi connectivity index (χ4v) is 4.22. The molecule has 5 nitrogen and oxygen atoms in total. The second kappa shape index (κ2) is 8.82. The first kappa shape index (κ1) is 19.8. The fraction of sp³-hybridized carbons (Fsp3) is 0.400. The molecule has 0 spiro atoms. The van der Waals surface area contributed by atoms with Crippen molar-refractivity contribution in [3.63, 3.8) is 0 Å². The standard InChI is InChI=1S/C20H25FN2O3S/c1-16-15-19(8-9-20(16)21)27(24,25)22-10-2-3-17-4-6-18(7-5-17)23-11-13-26-14-12-23/h4-9,15,22H,2-3,10-14H2,1H3. The van der Waals surface area contributed by atoms with Gasteiger partial charge in [0.2, 0.25) is 10.0 Å². The van der Waals surface area contributed by atoms with Gasteiger partial charge in [0.25, 0.3) is 0 Å². The van der Waals surface area contributed by atoms with E-state index in [1.54, 1.807) is 6.92 Å². The summed E-state index contributed by atoms with van der Waals surface area (Å²) < 4.78 is 45.8. The molecule has 1 saturated heterocycles. The zero-order valence-corrected chi connectivity index (χ0v) is 16.3. The number of hydrogen-bond acceptors (Lipinski definition) is 4. The van der Waals surface area contributed by atoms with Crippen LogP contribution in [0.2, 0.25) is 0 Å². The molecule has 1 aliphatic heterocycles. The van der Waals surface area contributed by atoms with Gasteiger partial charge in [-0.15, -0.1) is 0 Å². The van der Waals surface area contributed by atoms with Crippen LogP contribution in [-0.2, 0) is 21.2 Å². The molecule has 27 heavy (non-hydrogen) atoms. The van der Waals surface area contributed by atoms with Crippen molar-refractivity contribution in [1.29, 1.82) is 0 Å². The van der Waals surface area contributed by atoms with E-state index in [1.807, 2.05) is 0 Å². The first-order valence-electron chi connectivity index (χ1n) is 9.13. The number of hydrogen-bond donors (Lipinski definition) is 1. The minimum absolute atomic E-state index is 0.0938. The van der Waals surface area contributed by atoms with Gasteiger partial charge in [0.15, 0.2) is 0 Å². The third-order valence-electron chi connectivity index (χ3n) is 4.69. The summed E-state index contributed by atoms with van der Waals surface area (Å²) in [4.78, 5) is 2.39. The maximum absolute atomic E-state index is 13.3. The van der Waals surface area contributed by atoms with Gasteiger partial charge in [0.1, 0.15) is 5.82 Å². The molecule has 0 atom stereocenters. The lowest BCUT2D eigenvalue weighted by molar-refractivity contribution is 0.122. The Morgan fingerprint density at radius 3 is 2.48 bits per heavy atom. The van der Waals surface area contributed by atoms with Crippen LogP contribution in [0.25, 0.3) is 0 Å². The Balaban J connectivity index is 1.48. The molecule has 1 N–H and O–H groups in total. The van der Waals surface area contributed by atoms with E-state index in [-0.39, 0.29) is 4.90 Å². The van der Waals surface area contributed by atoms with E-state index >= 15 is 0 Å². The normalized spacial score (nSPS) is 15.1. The molecule has 0 radical (unpaired) electrons. The summed E-state index contributed by atoms with van der Waals surface area (Å²) in [5.41, 5.74) is 2.68. The van der Waals surface area contributed by atoms with Gasteiger partial charge in [-0.05, 0) is 61.2 Å². The highest BCUT2D eigenvalue weighted by Gasteiger charge is 2.15. The van der Waals surface area contributed by atoms with Crippen molar-refractivity contribution in [3.05, 3.63) is 59.4 Å². The van der Waals surface area contributed by atoms with Crippen LogP contribution in [0.1, 0.15) is 17.5 Å². The SMILES string of the molecule is Cc1cc(S(=O)(=O)NCCCc2ccc(N3CCOCC3)cc2)ccc1F. The molecule has 2 aromatic rings. The lowest BCUT2D eigenvalue weighted by Crippen LogP contribution is -2.36. The number of halogens is 1. The van der Waals surface area contributed by atoms with Gasteiger partial charge in [0, 0.05) is 25.3 Å². The van der Waals surface area contributed by atoms with Crippen LogP contribution in [0.3, 0.4) is 0 Å². The van der Waals surface area contributed by atoms with Crippen molar-refractivity contribution in [2.75, 3.05) is 37.7 Å². The van der Waals surface area contributed by atoms with Crippen LogP contribution >= 0.6 is 0 Å². The van der Waals surface area contributed by atoms with Crippen molar-refractivity contribution in [2.45, 2.75) is 24.7 Å². The minimum atomic E-state index is -3.61. The Morgan fingerprint density at radius 1 is 1.11 bits per heavy atom. The van der Waals surface area contributed by atoms with Crippen molar-refractivity contribution in [2.24, 2.45) is 0 Å². The van der Waals surface area contributed by atoms with Crippen LogP contribution < -0.4 is 9.62 Å². The van der Waals surface area contributed by atoms with E-state index < -0.39 is 15.8 Å². The molecule has 2 aromatic carbocycles. The van der Waals surface area contributed by atoms with Crippen molar-refractivity contribution < 1.29 is 17.5 Å². The zero-order valence-electron chi connectivity index (χ0n) is 15.4. The Bertz CT molecular complexity index is 863. The number of morpholine rings is 1. The molecule has 0 aromatic heterocycles. The van der Waals surface area contributed by atoms with Crippen molar-refractivity contribution in [3.8, 4) is 0 Å². The third kappa shape index (κ3) is 5.28. The van der Waals surface area contributed by atoms with Gasteiger partial charge in [-0.25, -0.2) is 17.5 Å². The number of benzene rings is 2. The molecule has 0 unspecified atom stereocenters. The number of rotatable bonds is 7. The van der Waals surface area contributed by atoms with E-state index in [1.165, 1.54) is 29.4 Å². The molecule has 1 aliphatic rings. The van der Waals surface area contributed by atoms with Crippen LogP contribution in [0, 0.1) is 12.7 Å². The average Bonchev–Trinajstić information content (AvgIpc) is 2.68. The zero-order chi connectivity index (χ0) is 19.3. The maximum Gasteiger partial charge on any atom is 0.240 e. The van der Waals surface area contributed by atoms with Crippen molar-refractivity contribution >= 4 is 15.7 Å². The Labute approximate surface area is 160 Å². The van der Waals surface area contributed by atoms with Crippen molar-refractivity contribution in [1.82, 2.24) is 4.72 Å². The topological polar surface area (TPSA) is 58.6 Å². The van der Waals surface area contributed by atoms with Crippen LogP contribution in [0.5, 0.6) is 0 Å². The molecule has 0 amide bonds. The van der Waals surface area contributed by atoms with Crippen LogP contribution in [-0.4, -0.2) is 41.3 Å².